The average molecular weight is 314 g/mol. The Morgan fingerprint density at radius 2 is 1.71 bits per heavy atom. The van der Waals surface area contributed by atoms with Gasteiger partial charge in [-0.3, -0.25) is 4.79 Å². The van der Waals surface area contributed by atoms with Crippen molar-refractivity contribution in [1.29, 1.82) is 0 Å². The van der Waals surface area contributed by atoms with Crippen LogP contribution in [0.15, 0.2) is 79.4 Å². The van der Waals surface area contributed by atoms with Crippen LogP contribution >= 0.6 is 0 Å². The molecular formula is C19H14N4O. The zero-order chi connectivity index (χ0) is 16.4. The molecule has 4 rings (SSSR count). The lowest BCUT2D eigenvalue weighted by molar-refractivity contribution is 0.102. The van der Waals surface area contributed by atoms with Crippen LogP contribution in [0, 0.1) is 0 Å². The number of fused-ring (bicyclic) bond motifs is 1. The SMILES string of the molecule is O=C(Nc1ccccc1-n1cncn1)c1ccc2ccccc2c1. The number of carbonyl (C=O) groups is 1. The van der Waals surface area contributed by atoms with E-state index in [1.807, 2.05) is 66.7 Å². The highest BCUT2D eigenvalue weighted by molar-refractivity contribution is 6.07. The molecule has 1 N–H and O–H groups in total. The van der Waals surface area contributed by atoms with Gasteiger partial charge in [0.25, 0.3) is 5.91 Å². The molecule has 1 amide bonds. The van der Waals surface area contributed by atoms with Crippen molar-refractivity contribution < 1.29 is 4.79 Å². The summed E-state index contributed by atoms with van der Waals surface area (Å²) >= 11 is 0. The summed E-state index contributed by atoms with van der Waals surface area (Å²) in [5.74, 6) is -0.159. The molecule has 116 valence electrons. The van der Waals surface area contributed by atoms with Crippen molar-refractivity contribution in [3.63, 3.8) is 0 Å². The van der Waals surface area contributed by atoms with Crippen LogP contribution in [0.25, 0.3) is 16.5 Å². The summed E-state index contributed by atoms with van der Waals surface area (Å²) in [6.07, 6.45) is 3.06. The Labute approximate surface area is 138 Å². The summed E-state index contributed by atoms with van der Waals surface area (Å²) in [4.78, 5) is 16.6. The Hall–Kier alpha value is -3.47. The van der Waals surface area contributed by atoms with Gasteiger partial charge in [0.2, 0.25) is 0 Å². The predicted molar refractivity (Wildman–Crippen MR) is 93.3 cm³/mol. The molecule has 0 aliphatic rings. The zero-order valence-corrected chi connectivity index (χ0v) is 12.8. The average Bonchev–Trinajstić information content (AvgIpc) is 3.16. The van der Waals surface area contributed by atoms with E-state index in [2.05, 4.69) is 15.4 Å². The van der Waals surface area contributed by atoms with E-state index in [1.165, 1.54) is 6.33 Å². The minimum absolute atomic E-state index is 0.159. The van der Waals surface area contributed by atoms with Gasteiger partial charge >= 0.3 is 0 Å². The van der Waals surface area contributed by atoms with E-state index in [-0.39, 0.29) is 5.91 Å². The molecule has 0 fully saturated rings. The molecule has 0 unspecified atom stereocenters. The lowest BCUT2D eigenvalue weighted by Gasteiger charge is -2.11. The highest BCUT2D eigenvalue weighted by Crippen LogP contribution is 2.21. The first kappa shape index (κ1) is 14.1. The fourth-order valence-corrected chi connectivity index (χ4v) is 2.64. The van der Waals surface area contributed by atoms with Crippen molar-refractivity contribution >= 4 is 22.4 Å². The maximum Gasteiger partial charge on any atom is 0.255 e. The lowest BCUT2D eigenvalue weighted by atomic mass is 10.1. The number of hydrogen-bond donors (Lipinski definition) is 1. The second kappa shape index (κ2) is 5.96. The van der Waals surface area contributed by atoms with Crippen molar-refractivity contribution in [1.82, 2.24) is 14.8 Å². The molecule has 5 heteroatoms. The largest absolute Gasteiger partial charge is 0.320 e. The number of nitrogens with zero attached hydrogens (tertiary/aromatic N) is 3. The molecule has 0 aliphatic heterocycles. The minimum Gasteiger partial charge on any atom is -0.320 e. The summed E-state index contributed by atoms with van der Waals surface area (Å²) in [6.45, 7) is 0. The van der Waals surface area contributed by atoms with E-state index in [4.69, 9.17) is 0 Å². The summed E-state index contributed by atoms with van der Waals surface area (Å²) in [7, 11) is 0. The van der Waals surface area contributed by atoms with E-state index in [0.717, 1.165) is 16.5 Å². The molecule has 4 aromatic rings. The van der Waals surface area contributed by atoms with Crippen LogP contribution in [-0.2, 0) is 0 Å². The van der Waals surface area contributed by atoms with Crippen LogP contribution in [0.1, 0.15) is 10.4 Å². The van der Waals surface area contributed by atoms with Crippen LogP contribution < -0.4 is 5.32 Å². The molecule has 0 radical (unpaired) electrons. The highest BCUT2D eigenvalue weighted by atomic mass is 16.1. The fraction of sp³-hybridized carbons (Fsp3) is 0. The van der Waals surface area contributed by atoms with E-state index in [0.29, 0.717) is 11.3 Å². The van der Waals surface area contributed by atoms with E-state index in [1.54, 1.807) is 11.0 Å². The number of para-hydroxylation sites is 2. The minimum atomic E-state index is -0.159. The van der Waals surface area contributed by atoms with Crippen molar-refractivity contribution in [3.05, 3.63) is 84.9 Å². The molecule has 0 atom stereocenters. The molecular weight excluding hydrogens is 300 g/mol. The quantitative estimate of drug-likeness (QED) is 0.627. The van der Waals surface area contributed by atoms with Gasteiger partial charge in [-0.25, -0.2) is 9.67 Å². The van der Waals surface area contributed by atoms with Crippen molar-refractivity contribution in [2.24, 2.45) is 0 Å². The van der Waals surface area contributed by atoms with Gasteiger partial charge in [0.05, 0.1) is 11.4 Å². The summed E-state index contributed by atoms with van der Waals surface area (Å²) in [5.41, 5.74) is 2.06. The molecule has 0 aliphatic carbocycles. The van der Waals surface area contributed by atoms with E-state index < -0.39 is 0 Å². The Morgan fingerprint density at radius 3 is 2.54 bits per heavy atom. The summed E-state index contributed by atoms with van der Waals surface area (Å²) in [6, 6.07) is 21.1. The Balaban J connectivity index is 1.66. The number of nitrogens with one attached hydrogen (secondary N) is 1. The topological polar surface area (TPSA) is 59.8 Å². The molecule has 0 saturated carbocycles. The monoisotopic (exact) mass is 314 g/mol. The number of amides is 1. The van der Waals surface area contributed by atoms with Crippen LogP contribution in [0.3, 0.4) is 0 Å². The number of anilines is 1. The van der Waals surface area contributed by atoms with Gasteiger partial charge in [0.15, 0.2) is 0 Å². The number of carbonyl (C=O) groups excluding carboxylic acids is 1. The molecule has 24 heavy (non-hydrogen) atoms. The van der Waals surface area contributed by atoms with Gasteiger partial charge in [0, 0.05) is 5.56 Å². The van der Waals surface area contributed by atoms with Crippen molar-refractivity contribution in [2.75, 3.05) is 5.32 Å². The van der Waals surface area contributed by atoms with Gasteiger partial charge in [-0.2, -0.15) is 5.10 Å². The van der Waals surface area contributed by atoms with Crippen LogP contribution in [0.2, 0.25) is 0 Å². The van der Waals surface area contributed by atoms with Gasteiger partial charge in [-0.1, -0.05) is 42.5 Å². The van der Waals surface area contributed by atoms with Gasteiger partial charge in [-0.05, 0) is 35.0 Å². The van der Waals surface area contributed by atoms with Crippen molar-refractivity contribution in [2.45, 2.75) is 0 Å². The zero-order valence-electron chi connectivity index (χ0n) is 12.8. The molecule has 1 aromatic heterocycles. The van der Waals surface area contributed by atoms with Crippen LogP contribution in [-0.4, -0.2) is 20.7 Å². The predicted octanol–water partition coefficient (Wildman–Crippen LogP) is 3.67. The normalized spacial score (nSPS) is 10.7. The summed E-state index contributed by atoms with van der Waals surface area (Å²) < 4.78 is 1.62. The third-order valence-electron chi connectivity index (χ3n) is 3.83. The van der Waals surface area contributed by atoms with E-state index >= 15 is 0 Å². The number of rotatable bonds is 3. The Bertz CT molecular complexity index is 1010. The second-order valence-corrected chi connectivity index (χ2v) is 5.37. The maximum atomic E-state index is 12.6. The van der Waals surface area contributed by atoms with Crippen molar-refractivity contribution in [3.8, 4) is 5.69 Å². The Morgan fingerprint density at radius 1 is 0.917 bits per heavy atom. The maximum absolute atomic E-state index is 12.6. The summed E-state index contributed by atoms with van der Waals surface area (Å²) in [5, 5.41) is 9.22. The van der Waals surface area contributed by atoms with E-state index in [9.17, 15) is 4.79 Å². The van der Waals surface area contributed by atoms with Gasteiger partial charge in [-0.15, -0.1) is 0 Å². The smallest absolute Gasteiger partial charge is 0.255 e. The molecule has 5 nitrogen and oxygen atoms in total. The van der Waals surface area contributed by atoms with Crippen LogP contribution in [0.4, 0.5) is 5.69 Å². The first-order valence-corrected chi connectivity index (χ1v) is 7.55. The number of benzene rings is 3. The highest BCUT2D eigenvalue weighted by Gasteiger charge is 2.11. The number of aromatic nitrogens is 3. The van der Waals surface area contributed by atoms with Gasteiger partial charge < -0.3 is 5.32 Å². The molecule has 3 aromatic carbocycles. The van der Waals surface area contributed by atoms with Crippen LogP contribution in [0.5, 0.6) is 0 Å². The molecule has 0 spiro atoms. The van der Waals surface area contributed by atoms with Gasteiger partial charge in [0.1, 0.15) is 12.7 Å². The first-order chi connectivity index (χ1) is 11.8. The standard InChI is InChI=1S/C19H14N4O/c24-19(16-10-9-14-5-1-2-6-15(14)11-16)22-17-7-3-4-8-18(17)23-13-20-12-21-23/h1-13H,(H,22,24). The molecule has 0 saturated heterocycles. The first-order valence-electron chi connectivity index (χ1n) is 7.55. The lowest BCUT2D eigenvalue weighted by Crippen LogP contribution is -2.14. The third kappa shape index (κ3) is 2.63. The number of hydrogen-bond acceptors (Lipinski definition) is 3. The molecule has 1 heterocycles. The molecule has 0 bridgehead atoms. The Kier molecular flexibility index (Phi) is 3.51. The fourth-order valence-electron chi connectivity index (χ4n) is 2.64. The third-order valence-corrected chi connectivity index (χ3v) is 3.83. The second-order valence-electron chi connectivity index (χ2n) is 5.37.